The van der Waals surface area contributed by atoms with Gasteiger partial charge in [0.2, 0.25) is 5.91 Å². The van der Waals surface area contributed by atoms with Crippen molar-refractivity contribution in [2.75, 3.05) is 0 Å². The molecule has 0 spiro atoms. The summed E-state index contributed by atoms with van der Waals surface area (Å²) in [6.07, 6.45) is 5.63. The minimum absolute atomic E-state index is 0.151. The van der Waals surface area contributed by atoms with Gasteiger partial charge in [0.05, 0.1) is 0 Å². The maximum Gasteiger partial charge on any atom is 0.224 e. The van der Waals surface area contributed by atoms with E-state index in [1.54, 1.807) is 0 Å². The third kappa shape index (κ3) is 2.74. The highest BCUT2D eigenvalue weighted by Crippen LogP contribution is 2.09. The molecule has 0 unspecified atom stereocenters. The van der Waals surface area contributed by atoms with Crippen LogP contribution in [0.3, 0.4) is 0 Å². The zero-order chi connectivity index (χ0) is 8.27. The number of hydrogen-bond donors (Lipinski definition) is 1. The van der Waals surface area contributed by atoms with Gasteiger partial charge in [-0.1, -0.05) is 26.0 Å². The molecule has 0 aromatic heterocycles. The molecular weight excluding hydrogens is 138 g/mol. The Labute approximate surface area is 67.7 Å². The highest BCUT2D eigenvalue weighted by atomic mass is 16.1. The molecule has 0 aliphatic carbocycles. The molecule has 0 saturated carbocycles. The first kappa shape index (κ1) is 8.31. The van der Waals surface area contributed by atoms with Gasteiger partial charge >= 0.3 is 0 Å². The fourth-order valence-corrected chi connectivity index (χ4v) is 1.30. The van der Waals surface area contributed by atoms with E-state index in [-0.39, 0.29) is 11.9 Å². The Morgan fingerprint density at radius 3 is 3.00 bits per heavy atom. The highest BCUT2D eigenvalue weighted by Gasteiger charge is 2.13. The van der Waals surface area contributed by atoms with Crippen LogP contribution < -0.4 is 5.32 Å². The van der Waals surface area contributed by atoms with Crippen molar-refractivity contribution >= 4 is 5.91 Å². The molecule has 1 amide bonds. The molecule has 0 saturated heterocycles. The zero-order valence-electron chi connectivity index (χ0n) is 7.13. The zero-order valence-corrected chi connectivity index (χ0v) is 7.13. The standard InChI is InChI=1S/C9H15NO/c1-7(2)6-8-4-3-5-9(11)10-8/h3-4,7-8H,5-6H2,1-2H3,(H,10,11)/t8-/m0/s1. The summed E-state index contributed by atoms with van der Waals surface area (Å²) in [6.45, 7) is 4.32. The molecule has 1 aliphatic heterocycles. The van der Waals surface area contributed by atoms with Crippen molar-refractivity contribution in [1.29, 1.82) is 0 Å². The molecule has 1 aliphatic rings. The molecule has 1 rings (SSSR count). The van der Waals surface area contributed by atoms with E-state index in [1.165, 1.54) is 0 Å². The number of carbonyl (C=O) groups excluding carboxylic acids is 1. The number of amides is 1. The molecule has 0 fully saturated rings. The predicted molar refractivity (Wildman–Crippen MR) is 45.1 cm³/mol. The van der Waals surface area contributed by atoms with Crippen molar-refractivity contribution in [3.63, 3.8) is 0 Å². The van der Waals surface area contributed by atoms with Crippen LogP contribution in [-0.4, -0.2) is 11.9 Å². The van der Waals surface area contributed by atoms with Gasteiger partial charge < -0.3 is 5.32 Å². The van der Waals surface area contributed by atoms with Gasteiger partial charge in [-0.15, -0.1) is 0 Å². The molecule has 1 heterocycles. The summed E-state index contributed by atoms with van der Waals surface area (Å²) in [5, 5.41) is 2.92. The van der Waals surface area contributed by atoms with Crippen LogP contribution >= 0.6 is 0 Å². The third-order valence-electron chi connectivity index (χ3n) is 1.74. The molecule has 0 aromatic carbocycles. The van der Waals surface area contributed by atoms with Gasteiger partial charge in [-0.05, 0) is 12.3 Å². The molecule has 1 atom stereocenters. The van der Waals surface area contributed by atoms with Crippen molar-refractivity contribution in [2.45, 2.75) is 32.7 Å². The van der Waals surface area contributed by atoms with Gasteiger partial charge in [-0.3, -0.25) is 4.79 Å². The quantitative estimate of drug-likeness (QED) is 0.598. The second kappa shape index (κ2) is 3.56. The monoisotopic (exact) mass is 153 g/mol. The number of rotatable bonds is 2. The molecule has 2 nitrogen and oxygen atoms in total. The minimum Gasteiger partial charge on any atom is -0.350 e. The smallest absolute Gasteiger partial charge is 0.224 e. The van der Waals surface area contributed by atoms with Crippen LogP contribution in [0.2, 0.25) is 0 Å². The van der Waals surface area contributed by atoms with E-state index in [4.69, 9.17) is 0 Å². The summed E-state index contributed by atoms with van der Waals surface area (Å²) in [5.74, 6) is 0.793. The van der Waals surface area contributed by atoms with Crippen molar-refractivity contribution in [3.05, 3.63) is 12.2 Å². The first-order chi connectivity index (χ1) is 5.18. The fraction of sp³-hybridized carbons (Fsp3) is 0.667. The van der Waals surface area contributed by atoms with E-state index >= 15 is 0 Å². The average Bonchev–Trinajstić information content (AvgIpc) is 1.85. The van der Waals surface area contributed by atoms with Crippen LogP contribution in [0.15, 0.2) is 12.2 Å². The summed E-state index contributed by atoms with van der Waals surface area (Å²) >= 11 is 0. The lowest BCUT2D eigenvalue weighted by molar-refractivity contribution is -0.121. The first-order valence-corrected chi connectivity index (χ1v) is 4.14. The van der Waals surface area contributed by atoms with Crippen LogP contribution in [0.5, 0.6) is 0 Å². The SMILES string of the molecule is CC(C)C[C@@H]1C=CCC(=O)N1. The van der Waals surface area contributed by atoms with Gasteiger partial charge in [0.15, 0.2) is 0 Å². The Kier molecular flexibility index (Phi) is 2.69. The maximum absolute atomic E-state index is 10.9. The molecule has 0 radical (unpaired) electrons. The molecule has 11 heavy (non-hydrogen) atoms. The number of nitrogens with one attached hydrogen (secondary N) is 1. The molecule has 0 bridgehead atoms. The van der Waals surface area contributed by atoms with Crippen molar-refractivity contribution in [1.82, 2.24) is 5.32 Å². The lowest BCUT2D eigenvalue weighted by atomic mass is 10.0. The third-order valence-corrected chi connectivity index (χ3v) is 1.74. The average molecular weight is 153 g/mol. The number of hydrogen-bond acceptors (Lipinski definition) is 1. The van der Waals surface area contributed by atoms with Gasteiger partial charge in [0.1, 0.15) is 0 Å². The molecule has 0 aromatic rings. The van der Waals surface area contributed by atoms with Crippen molar-refractivity contribution in [2.24, 2.45) is 5.92 Å². The van der Waals surface area contributed by atoms with E-state index in [0.717, 1.165) is 6.42 Å². The topological polar surface area (TPSA) is 29.1 Å². The fourth-order valence-electron chi connectivity index (χ4n) is 1.30. The second-order valence-corrected chi connectivity index (χ2v) is 3.44. The van der Waals surface area contributed by atoms with E-state index in [1.807, 2.05) is 6.08 Å². The van der Waals surface area contributed by atoms with E-state index in [0.29, 0.717) is 12.3 Å². The summed E-state index contributed by atoms with van der Waals surface area (Å²) in [7, 11) is 0. The Bertz CT molecular complexity index is 172. The van der Waals surface area contributed by atoms with Gasteiger partial charge in [-0.2, -0.15) is 0 Å². The van der Waals surface area contributed by atoms with Crippen LogP contribution in [-0.2, 0) is 4.79 Å². The molecule has 2 heteroatoms. The Balaban J connectivity index is 2.40. The predicted octanol–water partition coefficient (Wildman–Crippen LogP) is 1.48. The summed E-state index contributed by atoms with van der Waals surface area (Å²) < 4.78 is 0. The largest absolute Gasteiger partial charge is 0.350 e. The Morgan fingerprint density at radius 2 is 2.45 bits per heavy atom. The van der Waals surface area contributed by atoms with Crippen molar-refractivity contribution in [3.8, 4) is 0 Å². The molecule has 1 N–H and O–H groups in total. The normalized spacial score (nSPS) is 23.9. The Hall–Kier alpha value is -0.790. The maximum atomic E-state index is 10.9. The second-order valence-electron chi connectivity index (χ2n) is 3.44. The lowest BCUT2D eigenvalue weighted by Gasteiger charge is -2.19. The molecule has 62 valence electrons. The van der Waals surface area contributed by atoms with Crippen LogP contribution in [0.4, 0.5) is 0 Å². The van der Waals surface area contributed by atoms with Crippen molar-refractivity contribution < 1.29 is 4.79 Å². The van der Waals surface area contributed by atoms with E-state index in [2.05, 4.69) is 25.2 Å². The van der Waals surface area contributed by atoms with Crippen LogP contribution in [0.1, 0.15) is 26.7 Å². The van der Waals surface area contributed by atoms with E-state index < -0.39 is 0 Å². The number of carbonyl (C=O) groups is 1. The minimum atomic E-state index is 0.151. The lowest BCUT2D eigenvalue weighted by Crippen LogP contribution is -2.36. The van der Waals surface area contributed by atoms with Gasteiger partial charge in [-0.25, -0.2) is 0 Å². The summed E-state index contributed by atoms with van der Waals surface area (Å²) in [6, 6.07) is 0.274. The van der Waals surface area contributed by atoms with Crippen LogP contribution in [0.25, 0.3) is 0 Å². The first-order valence-electron chi connectivity index (χ1n) is 4.14. The summed E-state index contributed by atoms with van der Waals surface area (Å²) in [5.41, 5.74) is 0. The molecular formula is C9H15NO. The van der Waals surface area contributed by atoms with Crippen LogP contribution in [0, 0.1) is 5.92 Å². The summed E-state index contributed by atoms with van der Waals surface area (Å²) in [4.78, 5) is 10.9. The van der Waals surface area contributed by atoms with Gasteiger partial charge in [0.25, 0.3) is 0 Å². The van der Waals surface area contributed by atoms with E-state index in [9.17, 15) is 4.79 Å². The Morgan fingerprint density at radius 1 is 1.73 bits per heavy atom. The highest BCUT2D eigenvalue weighted by molar-refractivity contribution is 5.79. The van der Waals surface area contributed by atoms with Gasteiger partial charge in [0, 0.05) is 12.5 Å².